The van der Waals surface area contributed by atoms with Gasteiger partial charge in [0.1, 0.15) is 17.5 Å². The smallest absolute Gasteiger partial charge is 0.410 e. The number of pyridine rings is 1. The van der Waals surface area contributed by atoms with Crippen LogP contribution in [0.3, 0.4) is 0 Å². The van der Waals surface area contributed by atoms with Crippen molar-refractivity contribution in [2.24, 2.45) is 11.8 Å². The van der Waals surface area contributed by atoms with Crippen LogP contribution in [0.4, 0.5) is 10.6 Å². The van der Waals surface area contributed by atoms with Gasteiger partial charge in [-0.05, 0) is 82.1 Å². The van der Waals surface area contributed by atoms with Gasteiger partial charge in [-0.15, -0.1) is 0 Å². The molecule has 9 heteroatoms. The molecular formula is C42H64N4O5. The van der Waals surface area contributed by atoms with Crippen molar-refractivity contribution in [1.82, 2.24) is 14.8 Å². The van der Waals surface area contributed by atoms with Crippen molar-refractivity contribution in [3.8, 4) is 0 Å². The molecule has 4 aliphatic rings. The summed E-state index contributed by atoms with van der Waals surface area (Å²) in [5, 5.41) is 11.7. The van der Waals surface area contributed by atoms with E-state index < -0.39 is 17.8 Å². The van der Waals surface area contributed by atoms with Gasteiger partial charge in [-0.1, -0.05) is 76.8 Å². The molecule has 1 aromatic rings. The van der Waals surface area contributed by atoms with Crippen LogP contribution in [0.25, 0.3) is 0 Å². The number of esters is 1. The summed E-state index contributed by atoms with van der Waals surface area (Å²) in [5.74, 6) is 0.704. The second-order valence-electron chi connectivity index (χ2n) is 16.0. The van der Waals surface area contributed by atoms with E-state index in [-0.39, 0.29) is 36.2 Å². The number of carbonyl (C=O) groups is 2. The van der Waals surface area contributed by atoms with Crippen molar-refractivity contribution in [3.05, 3.63) is 59.8 Å². The molecule has 1 aliphatic carbocycles. The monoisotopic (exact) mass is 704 g/mol. The van der Waals surface area contributed by atoms with Crippen LogP contribution in [0.2, 0.25) is 0 Å². The Morgan fingerprint density at radius 3 is 2.41 bits per heavy atom. The number of aliphatic hydroxyl groups is 1. The predicted octanol–water partition coefficient (Wildman–Crippen LogP) is 7.81. The van der Waals surface area contributed by atoms with E-state index in [4.69, 9.17) is 14.5 Å². The fourth-order valence-electron chi connectivity index (χ4n) is 8.08. The summed E-state index contributed by atoms with van der Waals surface area (Å²) >= 11 is 0. The second kappa shape index (κ2) is 18.5. The lowest BCUT2D eigenvalue weighted by Gasteiger charge is -2.40. The molecule has 5 rings (SSSR count). The molecule has 6 atom stereocenters. The van der Waals surface area contributed by atoms with Crippen LogP contribution in [0.15, 0.2) is 54.2 Å². The number of carbonyl (C=O) groups excluding carboxylic acids is 2. The number of aromatic nitrogens is 1. The molecule has 0 aromatic carbocycles. The zero-order valence-electron chi connectivity index (χ0n) is 32.0. The van der Waals surface area contributed by atoms with E-state index in [1.165, 1.54) is 51.4 Å². The first-order chi connectivity index (χ1) is 24.5. The van der Waals surface area contributed by atoms with Crippen LogP contribution in [0.5, 0.6) is 0 Å². The Labute approximate surface area is 307 Å². The van der Waals surface area contributed by atoms with Gasteiger partial charge in [0.05, 0.1) is 0 Å². The third kappa shape index (κ3) is 11.2. The standard InChI is InChI=1S/C42H64N4O5/c1-31-22-23-42(5,49)37(50-41(48)46-28-26-44(27-29-46)35-16-8-6-7-9-17-35)21-20-34(4)40(51-39(47)30-31)33(3)15-12-14-32(2)36-18-13-19-38(43-36)45-24-10-11-25-45/h12-15,18-21,31-32,34-35,37,40,49H,6-11,16-17,22-30H2,1-5H3/b14-12+,21-20+,33-15+/t31-,32?,34+,37+,40-,42-/m1/s1. The number of ether oxygens (including phenoxy) is 2. The van der Waals surface area contributed by atoms with Crippen LogP contribution >= 0.6 is 0 Å². The van der Waals surface area contributed by atoms with E-state index in [2.05, 4.69) is 41.0 Å². The van der Waals surface area contributed by atoms with Crippen LogP contribution in [0.1, 0.15) is 117 Å². The van der Waals surface area contributed by atoms with Crippen LogP contribution < -0.4 is 4.90 Å². The molecular weight excluding hydrogens is 640 g/mol. The molecule has 9 nitrogen and oxygen atoms in total. The molecule has 4 heterocycles. The summed E-state index contributed by atoms with van der Waals surface area (Å²) in [6, 6.07) is 6.87. The van der Waals surface area contributed by atoms with Gasteiger partial charge >= 0.3 is 12.1 Å². The van der Waals surface area contributed by atoms with E-state index in [9.17, 15) is 14.7 Å². The lowest BCUT2D eigenvalue weighted by molar-refractivity contribution is -0.150. The van der Waals surface area contributed by atoms with E-state index in [0.29, 0.717) is 32.0 Å². The number of piperazine rings is 1. The van der Waals surface area contributed by atoms with Gasteiger partial charge in [0, 0.05) is 69.3 Å². The van der Waals surface area contributed by atoms with Crippen LogP contribution in [-0.2, 0) is 14.3 Å². The van der Waals surface area contributed by atoms with E-state index in [1.807, 2.05) is 45.1 Å². The Balaban J connectivity index is 1.26. The quantitative estimate of drug-likeness (QED) is 0.133. The van der Waals surface area contributed by atoms with Crippen molar-refractivity contribution >= 4 is 17.9 Å². The normalized spacial score (nSPS) is 31.0. The fourth-order valence-corrected chi connectivity index (χ4v) is 8.08. The van der Waals surface area contributed by atoms with E-state index >= 15 is 0 Å². The lowest BCUT2D eigenvalue weighted by Crippen LogP contribution is -2.53. The molecule has 0 bridgehead atoms. The number of hydrogen-bond donors (Lipinski definition) is 1. The Bertz CT molecular complexity index is 1370. The van der Waals surface area contributed by atoms with Gasteiger partial charge in [0.2, 0.25) is 0 Å². The molecule has 51 heavy (non-hydrogen) atoms. The molecule has 3 aliphatic heterocycles. The van der Waals surface area contributed by atoms with Gasteiger partial charge < -0.3 is 24.4 Å². The third-order valence-corrected chi connectivity index (χ3v) is 11.6. The second-order valence-corrected chi connectivity index (χ2v) is 16.0. The average molecular weight is 705 g/mol. The van der Waals surface area contributed by atoms with Crippen LogP contribution in [-0.4, -0.2) is 95.1 Å². The largest absolute Gasteiger partial charge is 0.457 e. The number of nitrogens with zero attached hydrogens (tertiary/aromatic N) is 4. The van der Waals surface area contributed by atoms with Gasteiger partial charge in [-0.25, -0.2) is 9.78 Å². The minimum absolute atomic E-state index is 0.00519. The Kier molecular flexibility index (Phi) is 14.2. The zero-order valence-corrected chi connectivity index (χ0v) is 32.0. The van der Waals surface area contributed by atoms with Gasteiger partial charge in [-0.3, -0.25) is 9.69 Å². The predicted molar refractivity (Wildman–Crippen MR) is 204 cm³/mol. The number of cyclic esters (lactones) is 1. The first-order valence-corrected chi connectivity index (χ1v) is 19.9. The number of rotatable bonds is 7. The summed E-state index contributed by atoms with van der Waals surface area (Å²) in [6.07, 6.45) is 19.6. The van der Waals surface area contributed by atoms with Crippen molar-refractivity contribution in [2.45, 2.75) is 135 Å². The van der Waals surface area contributed by atoms with Crippen molar-refractivity contribution < 1.29 is 24.2 Å². The highest BCUT2D eigenvalue weighted by Gasteiger charge is 2.37. The summed E-state index contributed by atoms with van der Waals surface area (Å²) in [6.45, 7) is 15.0. The molecule has 1 unspecified atom stereocenters. The zero-order chi connectivity index (χ0) is 36.4. The third-order valence-electron chi connectivity index (χ3n) is 11.6. The minimum atomic E-state index is -1.29. The molecule has 0 spiro atoms. The number of amides is 1. The molecule has 3 fully saturated rings. The molecule has 1 amide bonds. The van der Waals surface area contributed by atoms with Gasteiger partial charge in [-0.2, -0.15) is 0 Å². The molecule has 1 aromatic heterocycles. The highest BCUT2D eigenvalue weighted by atomic mass is 16.6. The Hall–Kier alpha value is -3.17. The lowest BCUT2D eigenvalue weighted by atomic mass is 9.87. The minimum Gasteiger partial charge on any atom is -0.457 e. The van der Waals surface area contributed by atoms with Gasteiger partial charge in [0.15, 0.2) is 6.10 Å². The number of anilines is 1. The number of allylic oxidation sites excluding steroid dienone is 3. The first kappa shape index (κ1) is 39.0. The Morgan fingerprint density at radius 1 is 1.00 bits per heavy atom. The topological polar surface area (TPSA) is 95.4 Å². The molecule has 282 valence electrons. The highest BCUT2D eigenvalue weighted by molar-refractivity contribution is 5.70. The summed E-state index contributed by atoms with van der Waals surface area (Å²) in [7, 11) is 0. The first-order valence-electron chi connectivity index (χ1n) is 19.9. The summed E-state index contributed by atoms with van der Waals surface area (Å²) in [4.78, 5) is 38.3. The molecule has 1 saturated carbocycles. The van der Waals surface area contributed by atoms with Crippen LogP contribution in [0, 0.1) is 11.8 Å². The van der Waals surface area contributed by atoms with Gasteiger partial charge in [0.25, 0.3) is 0 Å². The summed E-state index contributed by atoms with van der Waals surface area (Å²) in [5.41, 5.74) is 0.656. The average Bonchev–Trinajstić information content (AvgIpc) is 3.53. The van der Waals surface area contributed by atoms with Crippen molar-refractivity contribution in [3.63, 3.8) is 0 Å². The maximum absolute atomic E-state index is 13.5. The van der Waals surface area contributed by atoms with Crippen molar-refractivity contribution in [1.29, 1.82) is 0 Å². The molecule has 1 N–H and O–H groups in total. The highest BCUT2D eigenvalue weighted by Crippen LogP contribution is 2.30. The molecule has 2 saturated heterocycles. The van der Waals surface area contributed by atoms with E-state index in [0.717, 1.165) is 43.3 Å². The molecule has 0 radical (unpaired) electrons. The maximum atomic E-state index is 13.5. The van der Waals surface area contributed by atoms with E-state index in [1.54, 1.807) is 11.8 Å². The SMILES string of the molecule is C/C(=C\C=C\C(C)c1cccc(N2CCCC2)n1)[C@H]1OC(=O)C[C@H](C)CC[C@@](C)(O)[C@@H](OC(=O)N2CCN(C3CCCCCC3)CC2)/C=C/[C@@H]1C. The van der Waals surface area contributed by atoms with Crippen molar-refractivity contribution in [2.75, 3.05) is 44.2 Å². The maximum Gasteiger partial charge on any atom is 0.410 e. The summed E-state index contributed by atoms with van der Waals surface area (Å²) < 4.78 is 12.2. The Morgan fingerprint density at radius 2 is 1.71 bits per heavy atom. The number of hydrogen-bond acceptors (Lipinski definition) is 8. The fraction of sp³-hybridized carbons (Fsp3) is 0.690.